The quantitative estimate of drug-likeness (QED) is 0.665. The Labute approximate surface area is 100 Å². The van der Waals surface area contributed by atoms with Crippen LogP contribution in [0.1, 0.15) is 55.4 Å². The second kappa shape index (κ2) is 4.01. The van der Waals surface area contributed by atoms with Crippen molar-refractivity contribution in [2.24, 2.45) is 21.7 Å². The van der Waals surface area contributed by atoms with Gasteiger partial charge in [-0.05, 0) is 32.1 Å². The molecule has 0 N–H and O–H groups in total. The summed E-state index contributed by atoms with van der Waals surface area (Å²) < 4.78 is 0. The molecule has 0 radical (unpaired) electrons. The topological polar surface area (TPSA) is 28.0 Å². The molecule has 0 amide bonds. The molecule has 0 aliphatic carbocycles. The summed E-state index contributed by atoms with van der Waals surface area (Å²) >= 11 is 0. The van der Waals surface area contributed by atoms with Crippen LogP contribution in [-0.4, -0.2) is 22.6 Å². The highest BCUT2D eigenvalue weighted by molar-refractivity contribution is 4.98. The van der Waals surface area contributed by atoms with E-state index in [1.807, 2.05) is 0 Å². The van der Waals surface area contributed by atoms with E-state index in [-0.39, 0.29) is 11.0 Å². The molecule has 3 heteroatoms. The molecule has 1 aliphatic heterocycles. The van der Waals surface area contributed by atoms with E-state index in [1.54, 1.807) is 0 Å². The first-order valence-corrected chi connectivity index (χ1v) is 6.25. The van der Waals surface area contributed by atoms with Crippen LogP contribution in [-0.2, 0) is 0 Å². The second-order valence-corrected chi connectivity index (χ2v) is 7.27. The first-order chi connectivity index (χ1) is 7.05. The molecule has 0 aromatic carbocycles. The van der Waals surface area contributed by atoms with Crippen molar-refractivity contribution in [2.75, 3.05) is 0 Å². The highest BCUT2D eigenvalue weighted by Crippen LogP contribution is 2.38. The maximum Gasteiger partial charge on any atom is 0.1000 e. The fraction of sp³-hybridized carbons (Fsp3) is 1.00. The first-order valence-electron chi connectivity index (χ1n) is 6.25. The first kappa shape index (κ1) is 13.5. The summed E-state index contributed by atoms with van der Waals surface area (Å²) in [6, 6.07) is 0.715. The minimum absolute atomic E-state index is 0.0540. The monoisotopic (exact) mass is 225 g/mol. The zero-order valence-corrected chi connectivity index (χ0v) is 12.1. The van der Waals surface area contributed by atoms with E-state index in [0.29, 0.717) is 18.0 Å². The highest BCUT2D eigenvalue weighted by Gasteiger charge is 2.45. The number of hydrogen-bond donors (Lipinski definition) is 0. The predicted octanol–water partition coefficient (Wildman–Crippen LogP) is 3.91. The van der Waals surface area contributed by atoms with Gasteiger partial charge in [0.05, 0.1) is 17.6 Å². The molecule has 0 saturated heterocycles. The Bertz CT molecular complexity index is 244. The van der Waals surface area contributed by atoms with Gasteiger partial charge in [0.1, 0.15) is 0 Å². The van der Waals surface area contributed by atoms with Gasteiger partial charge >= 0.3 is 0 Å². The third kappa shape index (κ3) is 2.55. The third-order valence-electron chi connectivity index (χ3n) is 3.14. The molecular formula is C13H27N3. The van der Waals surface area contributed by atoms with Crippen molar-refractivity contribution in [3.8, 4) is 0 Å². The van der Waals surface area contributed by atoms with Gasteiger partial charge in [0.15, 0.2) is 0 Å². The van der Waals surface area contributed by atoms with Crippen molar-refractivity contribution in [3.63, 3.8) is 0 Å². The van der Waals surface area contributed by atoms with E-state index in [9.17, 15) is 0 Å². The molecule has 3 nitrogen and oxygen atoms in total. The minimum atomic E-state index is 0.0540. The summed E-state index contributed by atoms with van der Waals surface area (Å²) in [4.78, 5) is 0. The molecule has 94 valence electrons. The lowest BCUT2D eigenvalue weighted by atomic mass is 9.78. The average Bonchev–Trinajstić information content (AvgIpc) is 2.43. The smallest absolute Gasteiger partial charge is 0.1000 e. The zero-order valence-electron chi connectivity index (χ0n) is 12.1. The van der Waals surface area contributed by atoms with Crippen LogP contribution < -0.4 is 0 Å². The molecule has 0 saturated carbocycles. The number of nitrogens with zero attached hydrogens (tertiary/aromatic N) is 3. The van der Waals surface area contributed by atoms with Gasteiger partial charge in [0.25, 0.3) is 0 Å². The lowest BCUT2D eigenvalue weighted by Crippen LogP contribution is -2.51. The molecule has 16 heavy (non-hydrogen) atoms. The third-order valence-corrected chi connectivity index (χ3v) is 3.14. The Morgan fingerprint density at radius 1 is 1.00 bits per heavy atom. The Morgan fingerprint density at radius 2 is 1.50 bits per heavy atom. The lowest BCUT2D eigenvalue weighted by molar-refractivity contribution is 0.0546. The van der Waals surface area contributed by atoms with E-state index < -0.39 is 0 Å². The Kier molecular flexibility index (Phi) is 3.37. The molecule has 0 bridgehead atoms. The van der Waals surface area contributed by atoms with Crippen molar-refractivity contribution in [1.29, 1.82) is 0 Å². The summed E-state index contributed by atoms with van der Waals surface area (Å²) in [6.45, 7) is 17.9. The van der Waals surface area contributed by atoms with Gasteiger partial charge in [-0.25, -0.2) is 0 Å². The van der Waals surface area contributed by atoms with E-state index >= 15 is 0 Å². The van der Waals surface area contributed by atoms with E-state index in [2.05, 4.69) is 70.7 Å². The molecular weight excluding hydrogens is 198 g/mol. The maximum absolute atomic E-state index is 4.51. The van der Waals surface area contributed by atoms with Gasteiger partial charge in [0.2, 0.25) is 0 Å². The normalized spacial score (nSPS) is 26.9. The van der Waals surface area contributed by atoms with Crippen molar-refractivity contribution < 1.29 is 0 Å². The summed E-state index contributed by atoms with van der Waals surface area (Å²) in [6.07, 6.45) is 0. The van der Waals surface area contributed by atoms with E-state index in [1.165, 1.54) is 0 Å². The Balaban J connectivity index is 2.99. The largest absolute Gasteiger partial charge is 0.268 e. The van der Waals surface area contributed by atoms with Crippen molar-refractivity contribution in [3.05, 3.63) is 0 Å². The Morgan fingerprint density at radius 3 is 1.81 bits per heavy atom. The predicted molar refractivity (Wildman–Crippen MR) is 68.3 cm³/mol. The molecule has 0 aromatic rings. The molecule has 0 aromatic heterocycles. The fourth-order valence-corrected chi connectivity index (χ4v) is 2.29. The van der Waals surface area contributed by atoms with E-state index in [0.717, 1.165) is 0 Å². The number of rotatable bonds is 1. The van der Waals surface area contributed by atoms with Crippen LogP contribution >= 0.6 is 0 Å². The Hall–Kier alpha value is -0.600. The lowest BCUT2D eigenvalue weighted by Gasteiger charge is -2.40. The van der Waals surface area contributed by atoms with Crippen LogP contribution in [0.15, 0.2) is 10.3 Å². The molecule has 0 spiro atoms. The highest BCUT2D eigenvalue weighted by atomic mass is 15.6. The zero-order chi connectivity index (χ0) is 12.7. The van der Waals surface area contributed by atoms with Crippen LogP contribution in [0.5, 0.6) is 0 Å². The van der Waals surface area contributed by atoms with Crippen LogP contribution in [0.4, 0.5) is 0 Å². The second-order valence-electron chi connectivity index (χ2n) is 7.27. The van der Waals surface area contributed by atoms with Crippen LogP contribution in [0.2, 0.25) is 0 Å². The summed E-state index contributed by atoms with van der Waals surface area (Å²) in [5.74, 6) is 0.568. The maximum atomic E-state index is 4.51. The molecule has 1 aliphatic rings. The van der Waals surface area contributed by atoms with Gasteiger partial charge in [-0.1, -0.05) is 39.8 Å². The van der Waals surface area contributed by atoms with Crippen molar-refractivity contribution in [2.45, 2.75) is 73.0 Å². The van der Waals surface area contributed by atoms with E-state index in [4.69, 9.17) is 0 Å². The fourth-order valence-electron chi connectivity index (χ4n) is 2.29. The molecule has 1 rings (SSSR count). The molecule has 0 fully saturated rings. The summed E-state index contributed by atoms with van der Waals surface area (Å²) in [7, 11) is 0. The molecule has 2 atom stereocenters. The summed E-state index contributed by atoms with van der Waals surface area (Å²) in [5, 5.41) is 11.1. The van der Waals surface area contributed by atoms with Gasteiger partial charge in [-0.3, -0.25) is 5.01 Å². The van der Waals surface area contributed by atoms with Gasteiger partial charge in [-0.2, -0.15) is 5.11 Å². The van der Waals surface area contributed by atoms with Gasteiger partial charge < -0.3 is 0 Å². The molecule has 2 unspecified atom stereocenters. The van der Waals surface area contributed by atoms with Crippen LogP contribution in [0.25, 0.3) is 0 Å². The molecule has 1 heterocycles. The average molecular weight is 225 g/mol. The van der Waals surface area contributed by atoms with Crippen LogP contribution in [0, 0.1) is 11.3 Å². The summed E-state index contributed by atoms with van der Waals surface area (Å²) in [5.41, 5.74) is 0.233. The van der Waals surface area contributed by atoms with Crippen molar-refractivity contribution >= 4 is 0 Å². The minimum Gasteiger partial charge on any atom is -0.268 e. The standard InChI is InChI=1S/C13H27N3/c1-9(2)10-11(12(3,4)5)14-15-16(10)13(6,7)8/h9-11H,1-8H3. The van der Waals surface area contributed by atoms with Crippen LogP contribution in [0.3, 0.4) is 0 Å². The number of hydrogen-bond acceptors (Lipinski definition) is 3. The van der Waals surface area contributed by atoms with Gasteiger partial charge in [-0.15, -0.1) is 0 Å². The SMILES string of the molecule is CC(C)C1C(C(C)(C)C)N=NN1C(C)(C)C. The van der Waals surface area contributed by atoms with Gasteiger partial charge in [0, 0.05) is 0 Å². The van der Waals surface area contributed by atoms with Crippen molar-refractivity contribution in [1.82, 2.24) is 5.01 Å².